The summed E-state index contributed by atoms with van der Waals surface area (Å²) in [6.07, 6.45) is 6.77. The highest BCUT2D eigenvalue weighted by atomic mass is 16.5. The van der Waals surface area contributed by atoms with Gasteiger partial charge in [-0.25, -0.2) is 0 Å². The number of rotatable bonds is 13. The number of amides is 1. The van der Waals surface area contributed by atoms with E-state index in [0.717, 1.165) is 40.7 Å². The second kappa shape index (κ2) is 18.7. The van der Waals surface area contributed by atoms with Crippen LogP contribution in [0.5, 0.6) is 11.5 Å². The molecule has 3 aliphatic rings. The molecular formula is C49H59NO7. The molecule has 0 radical (unpaired) electrons. The molecule has 0 saturated heterocycles. The lowest BCUT2D eigenvalue weighted by atomic mass is 9.64. The molecule has 1 fully saturated rings. The summed E-state index contributed by atoms with van der Waals surface area (Å²) in [5.41, 5.74) is 4.90. The first-order valence-electron chi connectivity index (χ1n) is 20.4. The maximum atomic E-state index is 15.0. The number of allylic oxidation sites excluding steroid dienone is 2. The van der Waals surface area contributed by atoms with E-state index in [9.17, 15) is 15.0 Å². The molecule has 3 aliphatic carbocycles. The highest BCUT2D eigenvalue weighted by Crippen LogP contribution is 2.59. The van der Waals surface area contributed by atoms with Crippen molar-refractivity contribution in [2.24, 2.45) is 5.41 Å². The van der Waals surface area contributed by atoms with Crippen molar-refractivity contribution in [1.29, 1.82) is 0 Å². The van der Waals surface area contributed by atoms with E-state index in [1.807, 2.05) is 83.8 Å². The van der Waals surface area contributed by atoms with Gasteiger partial charge in [-0.1, -0.05) is 91.4 Å². The molecule has 4 aromatic rings. The SMILES string of the molecule is COCCCN(CC1(O)CCC2c3ccc(cc3C(=O)c3ccccc3-c3ccccc3)CC(O)CCC(C)=CCCC21C)C(=O)Cc1ccc(OC)c(OC)c1. The van der Waals surface area contributed by atoms with Crippen LogP contribution < -0.4 is 9.47 Å². The smallest absolute Gasteiger partial charge is 0.227 e. The van der Waals surface area contributed by atoms with Crippen LogP contribution in [-0.4, -0.2) is 79.5 Å². The molecule has 8 heteroatoms. The minimum Gasteiger partial charge on any atom is -0.493 e. The van der Waals surface area contributed by atoms with Gasteiger partial charge >= 0.3 is 0 Å². The highest BCUT2D eigenvalue weighted by molar-refractivity contribution is 6.13. The Morgan fingerprint density at radius 1 is 0.860 bits per heavy atom. The minimum atomic E-state index is -1.26. The molecule has 4 unspecified atom stereocenters. The lowest BCUT2D eigenvalue weighted by Gasteiger charge is -2.46. The van der Waals surface area contributed by atoms with Gasteiger partial charge in [0, 0.05) is 43.3 Å². The number of aliphatic hydroxyl groups excluding tert-OH is 1. The number of aliphatic hydroxyl groups is 2. The quantitative estimate of drug-likeness (QED) is 0.0796. The lowest BCUT2D eigenvalue weighted by molar-refractivity contribution is -0.139. The fourth-order valence-corrected chi connectivity index (χ4v) is 9.18. The first kappa shape index (κ1) is 41.9. The summed E-state index contributed by atoms with van der Waals surface area (Å²) in [4.78, 5) is 31.1. The third-order valence-electron chi connectivity index (χ3n) is 12.6. The van der Waals surface area contributed by atoms with Gasteiger partial charge in [-0.15, -0.1) is 0 Å². The van der Waals surface area contributed by atoms with Crippen LogP contribution in [0.1, 0.15) is 97.3 Å². The second-order valence-electron chi connectivity index (χ2n) is 16.2. The Morgan fingerprint density at radius 2 is 1.61 bits per heavy atom. The van der Waals surface area contributed by atoms with E-state index in [1.54, 1.807) is 27.4 Å². The molecule has 2 N–H and O–H groups in total. The molecule has 8 nitrogen and oxygen atoms in total. The largest absolute Gasteiger partial charge is 0.493 e. The van der Waals surface area contributed by atoms with Crippen LogP contribution in [-0.2, 0) is 22.4 Å². The Kier molecular flexibility index (Phi) is 13.7. The third kappa shape index (κ3) is 9.35. The predicted octanol–water partition coefficient (Wildman–Crippen LogP) is 8.75. The number of hydrogen-bond acceptors (Lipinski definition) is 7. The van der Waals surface area contributed by atoms with Crippen molar-refractivity contribution < 1.29 is 34.0 Å². The molecule has 0 spiro atoms. The van der Waals surface area contributed by atoms with Gasteiger partial charge < -0.3 is 29.3 Å². The van der Waals surface area contributed by atoms with Crippen LogP contribution >= 0.6 is 0 Å². The number of nitrogens with zero attached hydrogens (tertiary/aromatic N) is 1. The van der Waals surface area contributed by atoms with Gasteiger partial charge in [0.15, 0.2) is 17.3 Å². The summed E-state index contributed by atoms with van der Waals surface area (Å²) >= 11 is 0. The van der Waals surface area contributed by atoms with Crippen molar-refractivity contribution in [3.05, 3.63) is 130 Å². The number of fused-ring (bicyclic) bond motifs is 8. The Hall–Kier alpha value is -4.76. The van der Waals surface area contributed by atoms with Crippen LogP contribution in [0.2, 0.25) is 0 Å². The molecule has 302 valence electrons. The Morgan fingerprint density at radius 3 is 2.37 bits per heavy atom. The molecule has 1 amide bonds. The number of carbonyl (C=O) groups is 2. The Balaban J connectivity index is 1.41. The van der Waals surface area contributed by atoms with E-state index in [0.29, 0.717) is 74.3 Å². The van der Waals surface area contributed by atoms with Crippen LogP contribution in [0.4, 0.5) is 0 Å². The predicted molar refractivity (Wildman–Crippen MR) is 225 cm³/mol. The van der Waals surface area contributed by atoms with Crippen LogP contribution in [0.25, 0.3) is 11.1 Å². The molecule has 0 heterocycles. The molecule has 7 rings (SSSR count). The van der Waals surface area contributed by atoms with Crippen molar-refractivity contribution in [2.75, 3.05) is 41.0 Å². The molecule has 57 heavy (non-hydrogen) atoms. The maximum absolute atomic E-state index is 15.0. The molecule has 4 atom stereocenters. The average molecular weight is 774 g/mol. The van der Waals surface area contributed by atoms with Gasteiger partial charge in [0.2, 0.25) is 5.91 Å². The van der Waals surface area contributed by atoms with Gasteiger partial charge in [-0.05, 0) is 110 Å². The van der Waals surface area contributed by atoms with Gasteiger partial charge in [0.05, 0.1) is 32.3 Å². The topological polar surface area (TPSA) is 106 Å². The van der Waals surface area contributed by atoms with Crippen molar-refractivity contribution in [3.8, 4) is 22.6 Å². The Bertz CT molecular complexity index is 2040. The van der Waals surface area contributed by atoms with Crippen molar-refractivity contribution in [1.82, 2.24) is 4.90 Å². The molecule has 0 aromatic heterocycles. The average Bonchev–Trinajstić information content (AvgIpc) is 3.47. The van der Waals surface area contributed by atoms with E-state index in [-0.39, 0.29) is 30.6 Å². The van der Waals surface area contributed by atoms with E-state index >= 15 is 4.79 Å². The summed E-state index contributed by atoms with van der Waals surface area (Å²) in [5, 5.41) is 24.3. The number of hydrogen-bond donors (Lipinski definition) is 2. The molecule has 1 saturated carbocycles. The summed E-state index contributed by atoms with van der Waals surface area (Å²) in [6, 6.07) is 29.3. The zero-order chi connectivity index (χ0) is 40.6. The normalized spacial score (nSPS) is 22.3. The number of ether oxygens (including phenoxy) is 3. The van der Waals surface area contributed by atoms with E-state index < -0.39 is 17.1 Å². The second-order valence-corrected chi connectivity index (χ2v) is 16.2. The fourth-order valence-electron chi connectivity index (χ4n) is 9.18. The molecule has 4 aromatic carbocycles. The first-order chi connectivity index (χ1) is 27.5. The van der Waals surface area contributed by atoms with Crippen LogP contribution in [0, 0.1) is 5.41 Å². The monoisotopic (exact) mass is 773 g/mol. The Labute approximate surface area is 338 Å². The van der Waals surface area contributed by atoms with E-state index in [2.05, 4.69) is 26.0 Å². The van der Waals surface area contributed by atoms with Gasteiger partial charge in [0.1, 0.15) is 0 Å². The van der Waals surface area contributed by atoms with E-state index in [1.165, 1.54) is 5.57 Å². The first-order valence-corrected chi connectivity index (χ1v) is 20.4. The summed E-state index contributed by atoms with van der Waals surface area (Å²) in [5.74, 6) is 0.801. The minimum absolute atomic E-state index is 0.0762. The standard InChI is InChI=1S/C49H59NO7/c1-34-13-11-25-48(2)43(24-26-49(48,54)33-50(27-12-28-55-3)46(52)32-36-20-23-44(56-4)45(31-36)57-5)40-22-19-35(29-38(51)21-18-34)30-42(40)47(53)41-17-10-9-16-39(41)37-14-7-6-8-15-37/h6-10,13-17,19-20,22-23,30-31,38,43,51,54H,11-12,18,21,24-29,32-33H2,1-5H3. The zero-order valence-corrected chi connectivity index (χ0v) is 34.3. The van der Waals surface area contributed by atoms with Crippen molar-refractivity contribution in [3.63, 3.8) is 0 Å². The van der Waals surface area contributed by atoms with Gasteiger partial charge in [-0.3, -0.25) is 9.59 Å². The van der Waals surface area contributed by atoms with Gasteiger partial charge in [0.25, 0.3) is 0 Å². The lowest BCUT2D eigenvalue weighted by Crippen LogP contribution is -2.54. The third-order valence-corrected chi connectivity index (χ3v) is 12.6. The summed E-state index contributed by atoms with van der Waals surface area (Å²) in [6.45, 7) is 5.34. The summed E-state index contributed by atoms with van der Waals surface area (Å²) < 4.78 is 16.3. The van der Waals surface area contributed by atoms with Crippen LogP contribution in [0.3, 0.4) is 0 Å². The molecule has 2 bridgehead atoms. The fraction of sp³-hybridized carbons (Fsp3) is 0.429. The maximum Gasteiger partial charge on any atom is 0.227 e. The zero-order valence-electron chi connectivity index (χ0n) is 34.3. The summed E-state index contributed by atoms with van der Waals surface area (Å²) in [7, 11) is 4.81. The van der Waals surface area contributed by atoms with Crippen molar-refractivity contribution in [2.45, 2.75) is 89.3 Å². The number of carbonyl (C=O) groups excluding carboxylic acids is 2. The van der Waals surface area contributed by atoms with Crippen LogP contribution in [0.15, 0.2) is 103 Å². The van der Waals surface area contributed by atoms with Crippen molar-refractivity contribution >= 4 is 11.7 Å². The molecular weight excluding hydrogens is 715 g/mol. The number of ketones is 1. The number of benzene rings is 4. The molecule has 0 aliphatic heterocycles. The highest BCUT2D eigenvalue weighted by Gasteiger charge is 2.57. The van der Waals surface area contributed by atoms with E-state index in [4.69, 9.17) is 14.2 Å². The van der Waals surface area contributed by atoms with Gasteiger partial charge in [-0.2, -0.15) is 0 Å². The number of methoxy groups -OCH3 is 3.